The average molecular weight is 460 g/mol. The maximum absolute atomic E-state index is 5.43. The van der Waals surface area contributed by atoms with Crippen molar-refractivity contribution in [1.29, 1.82) is 0 Å². The summed E-state index contributed by atoms with van der Waals surface area (Å²) in [7, 11) is 3.91. The fourth-order valence-electron chi connectivity index (χ4n) is 4.29. The van der Waals surface area contributed by atoms with Crippen molar-refractivity contribution in [3.63, 3.8) is 0 Å². The maximum Gasteiger partial charge on any atom is 0.262 e. The summed E-state index contributed by atoms with van der Waals surface area (Å²) < 4.78 is 9.10. The predicted molar refractivity (Wildman–Crippen MR) is 139 cm³/mol. The van der Waals surface area contributed by atoms with Crippen molar-refractivity contribution in [3.05, 3.63) is 76.3 Å². The van der Waals surface area contributed by atoms with E-state index in [0.29, 0.717) is 0 Å². The van der Waals surface area contributed by atoms with Gasteiger partial charge in [0.1, 0.15) is 17.5 Å². The summed E-state index contributed by atoms with van der Waals surface area (Å²) in [6, 6.07) is 19.5. The Morgan fingerprint density at radius 2 is 1.94 bits per heavy atom. The van der Waals surface area contributed by atoms with E-state index in [1.54, 1.807) is 7.11 Å². The quantitative estimate of drug-likeness (QED) is 0.295. The Balaban J connectivity index is 1.56. The van der Waals surface area contributed by atoms with E-state index in [9.17, 15) is 0 Å². The van der Waals surface area contributed by atoms with Crippen LogP contribution in [0.3, 0.4) is 0 Å². The number of aromatic nitrogens is 1. The highest BCUT2D eigenvalue weighted by Gasteiger charge is 2.25. The van der Waals surface area contributed by atoms with Crippen LogP contribution in [0.2, 0.25) is 0 Å². The number of hydrogen-bond acceptors (Lipinski definition) is 4. The normalized spacial score (nSPS) is 15.2. The lowest BCUT2D eigenvalue weighted by Gasteiger charge is -2.18. The molecule has 1 aromatic heterocycles. The van der Waals surface area contributed by atoms with Gasteiger partial charge in [-0.3, -0.25) is 0 Å². The highest BCUT2D eigenvalue weighted by atomic mass is 32.2. The van der Waals surface area contributed by atoms with Gasteiger partial charge >= 0.3 is 0 Å². The second-order valence-electron chi connectivity index (χ2n) is 7.87. The van der Waals surface area contributed by atoms with E-state index in [1.165, 1.54) is 47.2 Å². The molecular weight excluding hydrogens is 432 g/mol. The van der Waals surface area contributed by atoms with Gasteiger partial charge in [-0.2, -0.15) is 4.57 Å². The molecule has 162 valence electrons. The van der Waals surface area contributed by atoms with Gasteiger partial charge in [-0.25, -0.2) is 0 Å². The molecule has 0 atom stereocenters. The lowest BCUT2D eigenvalue weighted by molar-refractivity contribution is -0.641. The highest BCUT2D eigenvalue weighted by Crippen LogP contribution is 2.47. The van der Waals surface area contributed by atoms with E-state index in [1.807, 2.05) is 29.2 Å². The molecule has 0 bridgehead atoms. The van der Waals surface area contributed by atoms with Gasteiger partial charge in [0.25, 0.3) is 5.01 Å². The summed E-state index contributed by atoms with van der Waals surface area (Å²) in [6.45, 7) is 5.38. The summed E-state index contributed by atoms with van der Waals surface area (Å²) in [5.74, 6) is 0.907. The zero-order valence-corrected chi connectivity index (χ0v) is 20.5. The van der Waals surface area contributed by atoms with Crippen LogP contribution in [0.5, 0.6) is 5.75 Å². The molecule has 1 aliphatic heterocycles. The largest absolute Gasteiger partial charge is 0.497 e. The van der Waals surface area contributed by atoms with E-state index in [4.69, 9.17) is 4.74 Å². The first-order valence-corrected chi connectivity index (χ1v) is 12.6. The first-order valence-electron chi connectivity index (χ1n) is 11.0. The number of nitrogens with zero attached hydrogens (tertiary/aromatic N) is 2. The van der Waals surface area contributed by atoms with Gasteiger partial charge in [0.05, 0.1) is 23.2 Å². The zero-order valence-electron chi connectivity index (χ0n) is 18.9. The molecule has 32 heavy (non-hydrogen) atoms. The van der Waals surface area contributed by atoms with E-state index in [2.05, 4.69) is 91.0 Å². The van der Waals surface area contributed by atoms with Crippen molar-refractivity contribution in [2.45, 2.75) is 25.2 Å². The second kappa shape index (κ2) is 8.64. The molecule has 4 aromatic rings. The average Bonchev–Trinajstić information content (AvgIpc) is 3.34. The molecule has 3 nitrogen and oxygen atoms in total. The maximum atomic E-state index is 5.43. The third-order valence-electron chi connectivity index (χ3n) is 6.02. The van der Waals surface area contributed by atoms with Crippen LogP contribution in [-0.4, -0.2) is 13.7 Å². The third kappa shape index (κ3) is 3.59. The number of hydrogen-bond donors (Lipinski definition) is 0. The molecule has 3 aromatic carbocycles. The summed E-state index contributed by atoms with van der Waals surface area (Å²) in [5.41, 5.74) is 3.91. The minimum absolute atomic E-state index is 0.907. The molecule has 0 N–H and O–H groups in total. The topological polar surface area (TPSA) is 16.4 Å². The van der Waals surface area contributed by atoms with Crippen LogP contribution in [0.4, 0.5) is 5.69 Å². The molecule has 2 heterocycles. The summed E-state index contributed by atoms with van der Waals surface area (Å²) in [6.07, 6.45) is 5.68. The van der Waals surface area contributed by atoms with Crippen molar-refractivity contribution in [1.82, 2.24) is 0 Å². The van der Waals surface area contributed by atoms with Crippen LogP contribution < -0.4 is 14.2 Å². The Labute approximate surface area is 197 Å². The Bertz CT molecular complexity index is 1380. The smallest absolute Gasteiger partial charge is 0.262 e. The monoisotopic (exact) mass is 459 g/mol. The Morgan fingerprint density at radius 3 is 2.72 bits per heavy atom. The Morgan fingerprint density at radius 1 is 1.09 bits per heavy atom. The van der Waals surface area contributed by atoms with Gasteiger partial charge in [-0.1, -0.05) is 54.3 Å². The predicted octanol–water partition coefficient (Wildman–Crippen LogP) is 7.15. The minimum atomic E-state index is 0.907. The molecule has 5 heteroatoms. The fourth-order valence-corrected chi connectivity index (χ4v) is 6.66. The highest BCUT2D eigenvalue weighted by molar-refractivity contribution is 8.03. The summed E-state index contributed by atoms with van der Waals surface area (Å²) in [4.78, 5) is 3.65. The molecule has 0 amide bonds. The fraction of sp³-hybridized carbons (Fsp3) is 0.222. The molecule has 5 rings (SSSR count). The van der Waals surface area contributed by atoms with E-state index >= 15 is 0 Å². The molecule has 1 aliphatic rings. The molecule has 0 saturated heterocycles. The van der Waals surface area contributed by atoms with Crippen LogP contribution in [0.25, 0.3) is 27.1 Å². The zero-order chi connectivity index (χ0) is 22.2. The molecule has 0 radical (unpaired) electrons. The van der Waals surface area contributed by atoms with Gasteiger partial charge in [0, 0.05) is 17.5 Å². The number of thiazole rings is 1. The molecule has 0 aliphatic carbocycles. The van der Waals surface area contributed by atoms with E-state index in [0.717, 1.165) is 18.7 Å². The van der Waals surface area contributed by atoms with Crippen LogP contribution in [-0.2, 0) is 7.05 Å². The molecule has 0 unspecified atom stereocenters. The van der Waals surface area contributed by atoms with E-state index in [-0.39, 0.29) is 0 Å². The van der Waals surface area contributed by atoms with Crippen molar-refractivity contribution >= 4 is 55.9 Å². The van der Waals surface area contributed by atoms with Gasteiger partial charge < -0.3 is 9.64 Å². The molecule has 0 saturated carbocycles. The van der Waals surface area contributed by atoms with Crippen LogP contribution in [0.15, 0.2) is 76.2 Å². The number of aryl methyl sites for hydroxylation is 1. The summed E-state index contributed by atoms with van der Waals surface area (Å²) in [5, 5.41) is 5.15. The first-order chi connectivity index (χ1) is 15.6. The molecule has 0 fully saturated rings. The van der Waals surface area contributed by atoms with Crippen molar-refractivity contribution < 1.29 is 9.30 Å². The number of thioether (sulfide) groups is 1. The van der Waals surface area contributed by atoms with Crippen LogP contribution >= 0.6 is 23.1 Å². The molecular formula is C27H27N2OS2+. The second-order valence-corrected chi connectivity index (χ2v) is 9.99. The number of methoxy groups -OCH3 is 1. The number of anilines is 1. The Kier molecular flexibility index (Phi) is 5.70. The van der Waals surface area contributed by atoms with Crippen LogP contribution in [0, 0.1) is 0 Å². The van der Waals surface area contributed by atoms with Crippen molar-refractivity contribution in [2.75, 3.05) is 18.6 Å². The lowest BCUT2D eigenvalue weighted by Crippen LogP contribution is -2.29. The summed E-state index contributed by atoms with van der Waals surface area (Å²) >= 11 is 3.69. The third-order valence-corrected chi connectivity index (χ3v) is 8.27. The van der Waals surface area contributed by atoms with Gasteiger partial charge in [0.15, 0.2) is 0 Å². The number of benzene rings is 3. The number of ether oxygens (including phenoxy) is 1. The molecule has 0 spiro atoms. The van der Waals surface area contributed by atoms with Gasteiger partial charge in [-0.05, 0) is 60.7 Å². The van der Waals surface area contributed by atoms with E-state index < -0.39 is 0 Å². The SMILES string of the molecule is CCC(/C=C1\Sc2cc(OC)ccc2N1CC)=C\c1sc2ccc3ccccc3c2[n+]1C. The number of rotatable bonds is 5. The number of allylic oxidation sites excluding steroid dienone is 2. The Hall–Kier alpha value is -2.76. The van der Waals surface area contributed by atoms with Crippen LogP contribution in [0.1, 0.15) is 25.3 Å². The number of fused-ring (bicyclic) bond motifs is 4. The van der Waals surface area contributed by atoms with Gasteiger partial charge in [0.2, 0.25) is 5.52 Å². The van der Waals surface area contributed by atoms with Crippen molar-refractivity contribution in [3.8, 4) is 5.75 Å². The van der Waals surface area contributed by atoms with Gasteiger partial charge in [-0.15, -0.1) is 0 Å². The minimum Gasteiger partial charge on any atom is -0.497 e. The standard InChI is InChI=1S/C27H27N2OS2/c1-5-18(16-26-29(6-2)22-13-12-20(30-4)17-24(22)32-26)15-25-28(3)27-21-10-8-7-9-19(21)11-14-23(27)31-25/h7-17H,5-6H2,1-4H3/q+1. The lowest BCUT2D eigenvalue weighted by atomic mass is 10.1. The van der Waals surface area contributed by atoms with Crippen molar-refractivity contribution in [2.24, 2.45) is 7.05 Å². The first kappa shape index (κ1) is 21.1.